The molecule has 4 nitrogen and oxygen atoms in total. The van der Waals surface area contributed by atoms with E-state index in [4.69, 9.17) is 18.9 Å². The minimum Gasteiger partial charge on any atom is -0.490 e. The predicted octanol–water partition coefficient (Wildman–Crippen LogP) is 31.2. The van der Waals surface area contributed by atoms with Gasteiger partial charge in [-0.05, 0) is 48.9 Å². The van der Waals surface area contributed by atoms with Crippen LogP contribution >= 0.6 is 0 Å². The van der Waals surface area contributed by atoms with Crippen molar-refractivity contribution in [1.29, 1.82) is 0 Å². The Labute approximate surface area is 593 Å². The molecule has 0 atom stereocenters. The maximum atomic E-state index is 7.64. The molecule has 548 valence electrons. The van der Waals surface area contributed by atoms with E-state index in [1.807, 2.05) is 0 Å². The summed E-state index contributed by atoms with van der Waals surface area (Å²) < 4.78 is 29.1. The maximum Gasteiger partial charge on any atom is 0.204 e. The molecule has 0 fully saturated rings. The lowest BCUT2D eigenvalue weighted by Crippen LogP contribution is -2.34. The van der Waals surface area contributed by atoms with Crippen LogP contribution < -0.4 is 14.2 Å². The van der Waals surface area contributed by atoms with Crippen LogP contribution in [0.3, 0.4) is 0 Å². The Kier molecular flexibility index (Phi) is 60.7. The fraction of sp³-hybridized carbons (Fsp3) is 0.802. The highest BCUT2D eigenvalue weighted by Gasteiger charge is 2.42. The monoisotopic (exact) mass is 1320 g/mol. The molecule has 0 bridgehead atoms. The van der Waals surface area contributed by atoms with Crippen molar-refractivity contribution in [3.05, 3.63) is 89.5 Å². The lowest BCUT2D eigenvalue weighted by atomic mass is 9.79. The van der Waals surface area contributed by atoms with E-state index < -0.39 is 5.60 Å². The lowest BCUT2D eigenvalue weighted by Gasteiger charge is -2.37. The summed E-state index contributed by atoms with van der Waals surface area (Å²) in [4.78, 5) is 0. The number of ether oxygens (including phenoxy) is 4. The van der Waals surface area contributed by atoms with Gasteiger partial charge in [0.05, 0.1) is 19.8 Å². The minimum absolute atomic E-state index is 0.641. The lowest BCUT2D eigenvalue weighted by molar-refractivity contribution is 0.00828. The van der Waals surface area contributed by atoms with Crippen LogP contribution in [0.4, 0.5) is 0 Å². The van der Waals surface area contributed by atoms with Gasteiger partial charge in [-0.2, -0.15) is 0 Å². The van der Waals surface area contributed by atoms with Gasteiger partial charge in [0.25, 0.3) is 0 Å². The predicted molar refractivity (Wildman–Crippen MR) is 420 cm³/mol. The van der Waals surface area contributed by atoms with E-state index in [0.29, 0.717) is 26.4 Å². The molecular formula is C91H160O4. The van der Waals surface area contributed by atoms with Gasteiger partial charge in [-0.25, -0.2) is 0 Å². The van der Waals surface area contributed by atoms with Crippen LogP contribution in [0.5, 0.6) is 17.2 Å². The second kappa shape index (κ2) is 66.9. The first-order chi connectivity index (χ1) is 47.2. The van der Waals surface area contributed by atoms with Gasteiger partial charge in [0.15, 0.2) is 11.5 Å². The zero-order chi connectivity index (χ0) is 67.4. The van der Waals surface area contributed by atoms with Gasteiger partial charge in [-0.3, -0.25) is 0 Å². The van der Waals surface area contributed by atoms with Crippen LogP contribution in [-0.4, -0.2) is 26.4 Å². The highest BCUT2D eigenvalue weighted by Crippen LogP contribution is 2.51. The summed E-state index contributed by atoms with van der Waals surface area (Å²) >= 11 is 0. The Bertz CT molecular complexity index is 1960. The van der Waals surface area contributed by atoms with Crippen molar-refractivity contribution < 1.29 is 18.9 Å². The Morgan fingerprint density at radius 3 is 0.663 bits per heavy atom. The first-order valence-corrected chi connectivity index (χ1v) is 43.0. The van der Waals surface area contributed by atoms with Crippen LogP contribution in [0.25, 0.3) is 0 Å². The molecule has 0 saturated carbocycles. The molecule has 0 aliphatic carbocycles. The van der Waals surface area contributed by atoms with Gasteiger partial charge in [-0.1, -0.05) is 474 Å². The highest BCUT2D eigenvalue weighted by molar-refractivity contribution is 5.62. The fourth-order valence-electron chi connectivity index (χ4n) is 14.6. The summed E-state index contributed by atoms with van der Waals surface area (Å²) in [6, 6.07) is 26.6. The van der Waals surface area contributed by atoms with Crippen LogP contribution in [0.1, 0.15) is 455 Å². The van der Waals surface area contributed by atoms with Crippen LogP contribution in [0, 0.1) is 0 Å². The second-order valence-corrected chi connectivity index (χ2v) is 29.8. The summed E-state index contributed by atoms with van der Waals surface area (Å²) in [5, 5.41) is 0. The molecule has 0 aliphatic heterocycles. The molecule has 0 radical (unpaired) electrons. The third-order valence-electron chi connectivity index (χ3n) is 20.9. The Morgan fingerprint density at radius 1 is 0.200 bits per heavy atom. The summed E-state index contributed by atoms with van der Waals surface area (Å²) in [5.41, 5.74) is 2.36. The third kappa shape index (κ3) is 46.1. The van der Waals surface area contributed by atoms with Crippen molar-refractivity contribution in [1.82, 2.24) is 0 Å². The molecule has 0 unspecified atom stereocenters. The molecule has 0 N–H and O–H groups in total. The molecular weight excluding hydrogens is 1160 g/mol. The molecule has 0 spiro atoms. The molecule has 0 saturated heterocycles. The van der Waals surface area contributed by atoms with E-state index in [1.165, 1.54) is 385 Å². The number of rotatable bonds is 75. The van der Waals surface area contributed by atoms with Crippen molar-refractivity contribution in [2.75, 3.05) is 26.4 Å². The van der Waals surface area contributed by atoms with E-state index in [2.05, 4.69) is 100 Å². The van der Waals surface area contributed by atoms with Crippen LogP contribution in [-0.2, 0) is 10.3 Å². The zero-order valence-electron chi connectivity index (χ0n) is 64.1. The quantitative estimate of drug-likeness (QED) is 0.0417. The van der Waals surface area contributed by atoms with Gasteiger partial charge in [0.2, 0.25) is 5.75 Å². The van der Waals surface area contributed by atoms with Gasteiger partial charge in [-0.15, -0.1) is 0 Å². The maximum absolute atomic E-state index is 7.64. The summed E-state index contributed by atoms with van der Waals surface area (Å²) in [5.74, 6) is 2.41. The number of unbranched alkanes of at least 4 members (excludes halogenated alkanes) is 60. The average Bonchev–Trinajstić information content (AvgIpc) is 0.742. The topological polar surface area (TPSA) is 36.9 Å². The van der Waals surface area contributed by atoms with E-state index in [1.54, 1.807) is 0 Å². The molecule has 4 heteroatoms. The van der Waals surface area contributed by atoms with Crippen molar-refractivity contribution in [2.45, 2.75) is 444 Å². The van der Waals surface area contributed by atoms with Gasteiger partial charge in [0.1, 0.15) is 5.60 Å². The third-order valence-corrected chi connectivity index (χ3v) is 20.9. The number of hydrogen-bond donors (Lipinski definition) is 0. The highest BCUT2D eigenvalue weighted by atomic mass is 16.5. The van der Waals surface area contributed by atoms with Crippen LogP contribution in [0.2, 0.25) is 0 Å². The molecule has 3 aromatic rings. The minimum atomic E-state index is -0.916. The molecule has 0 aromatic heterocycles. The van der Waals surface area contributed by atoms with Gasteiger partial charge in [0, 0.05) is 12.2 Å². The fourth-order valence-corrected chi connectivity index (χ4v) is 14.6. The average molecular weight is 1320 g/mol. The van der Waals surface area contributed by atoms with E-state index >= 15 is 0 Å². The van der Waals surface area contributed by atoms with E-state index in [0.717, 1.165) is 59.6 Å². The van der Waals surface area contributed by atoms with E-state index in [-0.39, 0.29) is 0 Å². The van der Waals surface area contributed by atoms with E-state index in [9.17, 15) is 0 Å². The standard InChI is InChI=1S/C91H160O4/c1-5-9-13-17-21-25-29-33-37-41-45-49-53-57-61-71-81-92-88-80-79-87(91(85-75-67-65-68-76-85,86-77-69-66-70-78-86)95-84-74-64-60-56-52-48-44-40-36-32-28-24-20-16-12-8-4)89(93-82-72-62-58-54-50-46-42-38-34-30-26-22-18-14-10-6-2)90(88)94-83-73-63-59-55-51-47-43-39-35-31-27-23-19-15-11-7-3/h65-70,75-80H,5-64,71-74,81-84H2,1-4H3. The first kappa shape index (κ1) is 86.2. The molecule has 0 amide bonds. The summed E-state index contributed by atoms with van der Waals surface area (Å²) in [7, 11) is 0. The van der Waals surface area contributed by atoms with Crippen molar-refractivity contribution in [3.8, 4) is 17.2 Å². The second-order valence-electron chi connectivity index (χ2n) is 29.8. The largest absolute Gasteiger partial charge is 0.490 e. The molecule has 3 aromatic carbocycles. The Morgan fingerprint density at radius 2 is 0.411 bits per heavy atom. The first-order valence-electron chi connectivity index (χ1n) is 43.0. The SMILES string of the molecule is CCCCCCCCCCCCCCCCCCOc1ccc(C(OCCCCCCCCCCCCCCCCCC)(c2ccccc2)c2ccccc2)c(OCCCCCCCCCCCCCCCCCC)c1OCCCCCCCCCCCCCCCCCC. The Balaban J connectivity index is 1.77. The smallest absolute Gasteiger partial charge is 0.204 e. The summed E-state index contributed by atoms with van der Waals surface area (Å²) in [6.45, 7) is 11.9. The van der Waals surface area contributed by atoms with Crippen molar-refractivity contribution in [3.63, 3.8) is 0 Å². The molecule has 3 rings (SSSR count). The zero-order valence-corrected chi connectivity index (χ0v) is 64.1. The number of benzene rings is 3. The molecule has 0 heterocycles. The van der Waals surface area contributed by atoms with Crippen molar-refractivity contribution in [2.24, 2.45) is 0 Å². The molecule has 95 heavy (non-hydrogen) atoms. The summed E-state index contributed by atoms with van der Waals surface area (Å²) in [6.07, 6.45) is 86.8. The van der Waals surface area contributed by atoms with Gasteiger partial charge < -0.3 is 18.9 Å². The number of hydrogen-bond acceptors (Lipinski definition) is 4. The van der Waals surface area contributed by atoms with Crippen molar-refractivity contribution >= 4 is 0 Å². The van der Waals surface area contributed by atoms with Gasteiger partial charge >= 0.3 is 0 Å². The van der Waals surface area contributed by atoms with Crippen LogP contribution in [0.15, 0.2) is 72.8 Å². The Hall–Kier alpha value is -2.98. The molecule has 0 aliphatic rings. The normalized spacial score (nSPS) is 11.7.